The molecule has 60 valence electrons. The van der Waals surface area contributed by atoms with Crippen LogP contribution in [-0.4, -0.2) is 29.8 Å². The summed E-state index contributed by atoms with van der Waals surface area (Å²) in [6, 6.07) is 0.225. The van der Waals surface area contributed by atoms with Crippen molar-refractivity contribution in [1.82, 2.24) is 3.53 Å². The van der Waals surface area contributed by atoms with E-state index in [0.717, 1.165) is 5.04 Å². The van der Waals surface area contributed by atoms with Crippen molar-refractivity contribution in [1.29, 1.82) is 0 Å². The summed E-state index contributed by atoms with van der Waals surface area (Å²) in [7, 11) is 0. The second kappa shape index (κ2) is 3.28. The number of nitrogens with one attached hydrogen (secondary N) is 1. The molecule has 2 aliphatic heterocycles. The van der Waals surface area contributed by atoms with E-state index in [2.05, 4.69) is 16.7 Å². The lowest BCUT2D eigenvalue weighted by molar-refractivity contribution is 0.649. The first-order chi connectivity index (χ1) is 5.42. The molecule has 6 heteroatoms. The topological polar surface area (TPSA) is 49.1 Å². The van der Waals surface area contributed by atoms with Crippen LogP contribution in [0.5, 0.6) is 0 Å². The summed E-state index contributed by atoms with van der Waals surface area (Å²) in [5, 5.41) is 1.09. The molecule has 0 amide bonds. The molecule has 2 aliphatic rings. The van der Waals surface area contributed by atoms with Gasteiger partial charge in [0.05, 0.1) is 21.3 Å². The minimum Gasteiger partial charge on any atom is -0.251 e. The molecule has 0 saturated carbocycles. The summed E-state index contributed by atoms with van der Waals surface area (Å²) in [5.41, 5.74) is 0. The third-order valence-electron chi connectivity index (χ3n) is 1.49. The Bertz CT molecular complexity index is 249. The van der Waals surface area contributed by atoms with Crippen molar-refractivity contribution in [2.24, 2.45) is 13.1 Å². The molecular formula is C5H7IN4S. The number of fused-ring (bicyclic) bond motifs is 1. The molecule has 1 N–H and O–H groups in total. The monoisotopic (exact) mass is 282 g/mol. The van der Waals surface area contributed by atoms with Crippen molar-refractivity contribution in [3.8, 4) is 0 Å². The Kier molecular flexibility index (Phi) is 2.33. The van der Waals surface area contributed by atoms with Gasteiger partial charge in [-0.3, -0.25) is 4.99 Å². The molecule has 0 aromatic heterocycles. The van der Waals surface area contributed by atoms with Crippen LogP contribution in [-0.2, 0) is 0 Å². The van der Waals surface area contributed by atoms with Crippen LogP contribution in [0.25, 0.3) is 0 Å². The van der Waals surface area contributed by atoms with Crippen LogP contribution in [0.15, 0.2) is 13.1 Å². The Morgan fingerprint density at radius 1 is 1.73 bits per heavy atom. The third kappa shape index (κ3) is 1.38. The number of rotatable bonds is 0. The van der Waals surface area contributed by atoms with Crippen LogP contribution in [0.4, 0.5) is 0 Å². The molecule has 4 nitrogen and oxygen atoms in total. The normalized spacial score (nSPS) is 34.5. The smallest absolute Gasteiger partial charge is 0.141 e. The van der Waals surface area contributed by atoms with Gasteiger partial charge in [0.2, 0.25) is 0 Å². The molecule has 11 heavy (non-hydrogen) atoms. The predicted molar refractivity (Wildman–Crippen MR) is 56.6 cm³/mol. The van der Waals surface area contributed by atoms with Gasteiger partial charge in [-0.2, -0.15) is 0 Å². The molecule has 2 heterocycles. The maximum absolute atomic E-state index is 4.44. The predicted octanol–water partition coefficient (Wildman–Crippen LogP) is 1.16. The molecule has 0 aromatic rings. The average Bonchev–Trinajstić information content (AvgIpc) is 2.50. The SMILES string of the molecule is CSC1=NC=NC2NI=NC12. The first-order valence-corrected chi connectivity index (χ1v) is 6.41. The Hall–Kier alpha value is 0.180. The Balaban J connectivity index is 2.25. The summed E-state index contributed by atoms with van der Waals surface area (Å²) in [6.07, 6.45) is 3.86. The molecule has 0 saturated heterocycles. The number of halogens is 1. The van der Waals surface area contributed by atoms with Gasteiger partial charge in [0.25, 0.3) is 0 Å². The summed E-state index contributed by atoms with van der Waals surface area (Å²) < 4.78 is 7.72. The molecule has 2 unspecified atom stereocenters. The highest BCUT2D eigenvalue weighted by Crippen LogP contribution is 2.24. The zero-order chi connectivity index (χ0) is 7.68. The van der Waals surface area contributed by atoms with Gasteiger partial charge in [-0.15, -0.1) is 11.8 Å². The Labute approximate surface area is 79.5 Å². The Morgan fingerprint density at radius 2 is 2.64 bits per heavy atom. The van der Waals surface area contributed by atoms with Crippen LogP contribution in [0, 0.1) is 0 Å². The molecular weight excluding hydrogens is 275 g/mol. The molecule has 2 atom stereocenters. The number of nitrogens with zero attached hydrogens (tertiary/aromatic N) is 3. The molecule has 0 bridgehead atoms. The van der Waals surface area contributed by atoms with Crippen LogP contribution in [0.1, 0.15) is 0 Å². The minimum atomic E-state index is -0.177. The van der Waals surface area contributed by atoms with Gasteiger partial charge in [0.1, 0.15) is 23.6 Å². The van der Waals surface area contributed by atoms with Gasteiger partial charge in [-0.1, -0.05) is 0 Å². The number of hydrogen-bond donors (Lipinski definition) is 1. The van der Waals surface area contributed by atoms with E-state index in [1.807, 2.05) is 6.26 Å². The van der Waals surface area contributed by atoms with Crippen molar-refractivity contribution in [3.05, 3.63) is 0 Å². The maximum atomic E-state index is 4.44. The van der Waals surface area contributed by atoms with E-state index in [-0.39, 0.29) is 33.5 Å². The highest BCUT2D eigenvalue weighted by atomic mass is 127. The van der Waals surface area contributed by atoms with Crippen LogP contribution in [0.2, 0.25) is 0 Å². The van der Waals surface area contributed by atoms with Gasteiger partial charge >= 0.3 is 0 Å². The highest BCUT2D eigenvalue weighted by Gasteiger charge is 2.30. The minimum absolute atomic E-state index is 0.177. The molecule has 2 rings (SSSR count). The lowest BCUT2D eigenvalue weighted by atomic mass is 10.2. The van der Waals surface area contributed by atoms with Crippen molar-refractivity contribution in [2.45, 2.75) is 12.2 Å². The molecule has 0 aromatic carbocycles. The standard InChI is InChI=1S/C5H7IN4S/c1-11-5-3-4(7-2-8-5)10-6-9-3/h2-4H,1H3,(H,9,10). The first kappa shape index (κ1) is 7.81. The molecule has 0 spiro atoms. The van der Waals surface area contributed by atoms with Gasteiger partial charge < -0.3 is 0 Å². The third-order valence-corrected chi connectivity index (χ3v) is 4.05. The molecule has 0 radical (unpaired) electrons. The number of aliphatic imine (C=N–C) groups is 2. The Morgan fingerprint density at radius 3 is 3.45 bits per heavy atom. The fraction of sp³-hybridized carbons (Fsp3) is 0.600. The van der Waals surface area contributed by atoms with Crippen molar-refractivity contribution in [3.63, 3.8) is 0 Å². The van der Waals surface area contributed by atoms with Gasteiger partial charge in [-0.25, -0.2) is 11.7 Å². The van der Waals surface area contributed by atoms with E-state index in [4.69, 9.17) is 0 Å². The van der Waals surface area contributed by atoms with E-state index in [1.165, 1.54) is 0 Å². The number of thioether (sulfide) groups is 1. The van der Waals surface area contributed by atoms with E-state index >= 15 is 0 Å². The van der Waals surface area contributed by atoms with Crippen molar-refractivity contribution >= 4 is 44.5 Å². The van der Waals surface area contributed by atoms with E-state index < -0.39 is 0 Å². The van der Waals surface area contributed by atoms with E-state index in [1.54, 1.807) is 18.1 Å². The summed E-state index contributed by atoms with van der Waals surface area (Å²) >= 11 is 1.49. The summed E-state index contributed by atoms with van der Waals surface area (Å²) in [6.45, 7) is 0. The average molecular weight is 282 g/mol. The lowest BCUT2D eigenvalue weighted by Gasteiger charge is -2.16. The van der Waals surface area contributed by atoms with Crippen LogP contribution in [0.3, 0.4) is 0 Å². The summed E-state index contributed by atoms with van der Waals surface area (Å²) in [5.74, 6) is 0. The summed E-state index contributed by atoms with van der Waals surface area (Å²) in [4.78, 5) is 8.35. The van der Waals surface area contributed by atoms with E-state index in [0.29, 0.717) is 0 Å². The van der Waals surface area contributed by atoms with Crippen LogP contribution >= 0.6 is 33.1 Å². The van der Waals surface area contributed by atoms with Gasteiger partial charge in [0.15, 0.2) is 0 Å². The number of hydrogen-bond acceptors (Lipinski definition) is 5. The lowest BCUT2D eigenvalue weighted by Crippen LogP contribution is -2.34. The zero-order valence-electron chi connectivity index (χ0n) is 5.86. The fourth-order valence-corrected chi connectivity index (χ4v) is 3.52. The fourth-order valence-electron chi connectivity index (χ4n) is 0.942. The van der Waals surface area contributed by atoms with Gasteiger partial charge in [-0.05, 0) is 6.26 Å². The van der Waals surface area contributed by atoms with Gasteiger partial charge in [0, 0.05) is 0 Å². The largest absolute Gasteiger partial charge is 0.251 e. The molecule has 0 aliphatic carbocycles. The second-order valence-corrected chi connectivity index (χ2v) is 4.61. The zero-order valence-corrected chi connectivity index (χ0v) is 8.83. The van der Waals surface area contributed by atoms with Crippen molar-refractivity contribution < 1.29 is 0 Å². The first-order valence-electron chi connectivity index (χ1n) is 3.14. The molecule has 0 fully saturated rings. The van der Waals surface area contributed by atoms with E-state index in [9.17, 15) is 0 Å². The maximum Gasteiger partial charge on any atom is 0.141 e. The quantitative estimate of drug-likeness (QED) is 0.535. The van der Waals surface area contributed by atoms with Crippen LogP contribution < -0.4 is 3.53 Å². The van der Waals surface area contributed by atoms with Crippen molar-refractivity contribution in [2.75, 3.05) is 6.26 Å². The highest BCUT2D eigenvalue weighted by molar-refractivity contribution is 14.1. The second-order valence-electron chi connectivity index (χ2n) is 2.12.